The van der Waals surface area contributed by atoms with Gasteiger partial charge in [-0.3, -0.25) is 4.79 Å². The zero-order valence-corrected chi connectivity index (χ0v) is 9.93. The van der Waals surface area contributed by atoms with Gasteiger partial charge in [0.2, 0.25) is 0 Å². The SMILES string of the molecule is CCOC(=O)CCCc1ncn2ccccc12. The topological polar surface area (TPSA) is 43.6 Å². The molecule has 0 fully saturated rings. The first kappa shape index (κ1) is 11.6. The van der Waals surface area contributed by atoms with Gasteiger partial charge in [0.1, 0.15) is 0 Å². The van der Waals surface area contributed by atoms with E-state index >= 15 is 0 Å². The second kappa shape index (κ2) is 5.48. The summed E-state index contributed by atoms with van der Waals surface area (Å²) in [6.07, 6.45) is 5.81. The Morgan fingerprint density at radius 3 is 3.18 bits per heavy atom. The van der Waals surface area contributed by atoms with Gasteiger partial charge < -0.3 is 9.14 Å². The quantitative estimate of drug-likeness (QED) is 0.742. The first-order chi connectivity index (χ1) is 8.31. The lowest BCUT2D eigenvalue weighted by Crippen LogP contribution is -2.04. The Morgan fingerprint density at radius 1 is 1.47 bits per heavy atom. The van der Waals surface area contributed by atoms with E-state index in [1.54, 1.807) is 6.33 Å². The Morgan fingerprint density at radius 2 is 2.35 bits per heavy atom. The molecular formula is C13H16N2O2. The standard InChI is InChI=1S/C13H16N2O2/c1-2-17-13(16)8-5-6-11-12-7-3-4-9-15(12)10-14-11/h3-4,7,9-10H,2,5-6,8H2,1H3. The molecule has 0 atom stereocenters. The van der Waals surface area contributed by atoms with Gasteiger partial charge in [0.15, 0.2) is 0 Å². The van der Waals surface area contributed by atoms with E-state index in [2.05, 4.69) is 4.98 Å². The molecule has 4 heteroatoms. The van der Waals surface area contributed by atoms with Crippen LogP contribution in [0.4, 0.5) is 0 Å². The van der Waals surface area contributed by atoms with Gasteiger partial charge >= 0.3 is 5.97 Å². The van der Waals surface area contributed by atoms with Crippen LogP contribution >= 0.6 is 0 Å². The van der Waals surface area contributed by atoms with Crippen molar-refractivity contribution >= 4 is 11.5 Å². The van der Waals surface area contributed by atoms with Crippen molar-refractivity contribution < 1.29 is 9.53 Å². The fourth-order valence-corrected chi connectivity index (χ4v) is 1.83. The summed E-state index contributed by atoms with van der Waals surface area (Å²) >= 11 is 0. The molecule has 0 N–H and O–H groups in total. The van der Waals surface area contributed by atoms with Crippen LogP contribution in [0.5, 0.6) is 0 Å². The van der Waals surface area contributed by atoms with Crippen LogP contribution in [-0.4, -0.2) is 22.0 Å². The van der Waals surface area contributed by atoms with Crippen molar-refractivity contribution in [3.63, 3.8) is 0 Å². The number of fused-ring (bicyclic) bond motifs is 1. The van der Waals surface area contributed by atoms with Gasteiger partial charge in [0, 0.05) is 12.6 Å². The first-order valence-electron chi connectivity index (χ1n) is 5.87. The lowest BCUT2D eigenvalue weighted by atomic mass is 10.2. The van der Waals surface area contributed by atoms with Crippen LogP contribution in [0.15, 0.2) is 30.7 Å². The zero-order chi connectivity index (χ0) is 12.1. The third-order valence-corrected chi connectivity index (χ3v) is 2.62. The number of hydrogen-bond donors (Lipinski definition) is 0. The van der Waals surface area contributed by atoms with Crippen molar-refractivity contribution in [2.45, 2.75) is 26.2 Å². The minimum atomic E-state index is -0.129. The van der Waals surface area contributed by atoms with Gasteiger partial charge in [-0.1, -0.05) is 6.07 Å². The highest BCUT2D eigenvalue weighted by Crippen LogP contribution is 2.11. The number of ether oxygens (including phenoxy) is 1. The van der Waals surface area contributed by atoms with Gasteiger partial charge in [-0.25, -0.2) is 4.98 Å². The average Bonchev–Trinajstić information content (AvgIpc) is 2.73. The maximum Gasteiger partial charge on any atom is 0.305 e. The molecule has 4 nitrogen and oxygen atoms in total. The third kappa shape index (κ3) is 2.84. The predicted molar refractivity (Wildman–Crippen MR) is 64.8 cm³/mol. The highest BCUT2D eigenvalue weighted by molar-refractivity contribution is 5.69. The normalized spacial score (nSPS) is 10.6. The molecule has 0 aliphatic heterocycles. The molecule has 0 bridgehead atoms. The van der Waals surface area contributed by atoms with Crippen LogP contribution in [0.25, 0.3) is 5.52 Å². The molecular weight excluding hydrogens is 216 g/mol. The van der Waals surface area contributed by atoms with Crippen LogP contribution in [0.2, 0.25) is 0 Å². The van der Waals surface area contributed by atoms with Gasteiger partial charge in [-0.2, -0.15) is 0 Å². The van der Waals surface area contributed by atoms with E-state index in [1.807, 2.05) is 35.7 Å². The number of esters is 1. The largest absolute Gasteiger partial charge is 0.466 e. The van der Waals surface area contributed by atoms with Crippen LogP contribution in [0.3, 0.4) is 0 Å². The maximum atomic E-state index is 11.2. The fraction of sp³-hybridized carbons (Fsp3) is 0.385. The first-order valence-corrected chi connectivity index (χ1v) is 5.87. The number of rotatable bonds is 5. The Labute approximate surface area is 100 Å². The summed E-state index contributed by atoms with van der Waals surface area (Å²) in [6.45, 7) is 2.27. The second-order valence-corrected chi connectivity index (χ2v) is 3.84. The van der Waals surface area contributed by atoms with Crippen LogP contribution in [0, 0.1) is 0 Å². The summed E-state index contributed by atoms with van der Waals surface area (Å²) in [5.41, 5.74) is 2.14. The number of carbonyl (C=O) groups is 1. The molecule has 90 valence electrons. The van der Waals surface area contributed by atoms with Gasteiger partial charge in [0.05, 0.1) is 24.1 Å². The number of carbonyl (C=O) groups excluding carboxylic acids is 1. The van der Waals surface area contributed by atoms with Gasteiger partial charge in [0.25, 0.3) is 0 Å². The molecule has 0 aliphatic carbocycles. The number of imidazole rings is 1. The predicted octanol–water partition coefficient (Wildman–Crippen LogP) is 2.22. The Bertz CT molecular complexity index is 505. The van der Waals surface area contributed by atoms with Gasteiger partial charge in [-0.05, 0) is 31.9 Å². The molecule has 0 aromatic carbocycles. The van der Waals surface area contributed by atoms with Gasteiger partial charge in [-0.15, -0.1) is 0 Å². The highest BCUT2D eigenvalue weighted by Gasteiger charge is 2.06. The molecule has 0 saturated carbocycles. The Kier molecular flexibility index (Phi) is 3.75. The molecule has 0 saturated heterocycles. The molecule has 2 aromatic heterocycles. The summed E-state index contributed by atoms with van der Waals surface area (Å²) < 4.78 is 6.87. The monoisotopic (exact) mass is 232 g/mol. The third-order valence-electron chi connectivity index (χ3n) is 2.62. The van der Waals surface area contributed by atoms with Crippen molar-refractivity contribution in [1.29, 1.82) is 0 Å². The zero-order valence-electron chi connectivity index (χ0n) is 9.93. The van der Waals surface area contributed by atoms with Crippen LogP contribution in [0.1, 0.15) is 25.5 Å². The summed E-state index contributed by atoms with van der Waals surface area (Å²) in [5, 5.41) is 0. The molecule has 0 radical (unpaired) electrons. The number of aromatic nitrogens is 2. The van der Waals surface area contributed by atoms with E-state index in [0.29, 0.717) is 13.0 Å². The van der Waals surface area contributed by atoms with E-state index < -0.39 is 0 Å². The van der Waals surface area contributed by atoms with Crippen molar-refractivity contribution in [2.24, 2.45) is 0 Å². The number of hydrogen-bond acceptors (Lipinski definition) is 3. The van der Waals surface area contributed by atoms with E-state index in [0.717, 1.165) is 24.1 Å². The van der Waals surface area contributed by atoms with E-state index in [-0.39, 0.29) is 5.97 Å². The number of nitrogens with zero attached hydrogens (tertiary/aromatic N) is 2. The number of pyridine rings is 1. The Hall–Kier alpha value is -1.84. The maximum absolute atomic E-state index is 11.2. The molecule has 17 heavy (non-hydrogen) atoms. The lowest BCUT2D eigenvalue weighted by Gasteiger charge is -2.01. The van der Waals surface area contributed by atoms with E-state index in [9.17, 15) is 4.79 Å². The summed E-state index contributed by atoms with van der Waals surface area (Å²) in [6, 6.07) is 6.00. The highest BCUT2D eigenvalue weighted by atomic mass is 16.5. The van der Waals surface area contributed by atoms with Crippen molar-refractivity contribution in [3.8, 4) is 0 Å². The van der Waals surface area contributed by atoms with Crippen molar-refractivity contribution in [3.05, 3.63) is 36.4 Å². The van der Waals surface area contributed by atoms with Crippen LogP contribution in [-0.2, 0) is 16.0 Å². The minimum absolute atomic E-state index is 0.129. The van der Waals surface area contributed by atoms with E-state index in [1.165, 1.54) is 0 Å². The lowest BCUT2D eigenvalue weighted by molar-refractivity contribution is -0.143. The summed E-state index contributed by atoms with van der Waals surface area (Å²) in [4.78, 5) is 15.5. The van der Waals surface area contributed by atoms with Crippen molar-refractivity contribution in [1.82, 2.24) is 9.38 Å². The average molecular weight is 232 g/mol. The smallest absolute Gasteiger partial charge is 0.305 e. The second-order valence-electron chi connectivity index (χ2n) is 3.84. The molecule has 2 rings (SSSR count). The molecule has 0 spiro atoms. The minimum Gasteiger partial charge on any atom is -0.466 e. The summed E-state index contributed by atoms with van der Waals surface area (Å²) in [7, 11) is 0. The molecule has 2 aromatic rings. The van der Waals surface area contributed by atoms with Crippen LogP contribution < -0.4 is 0 Å². The Balaban J connectivity index is 1.93. The number of aryl methyl sites for hydroxylation is 1. The van der Waals surface area contributed by atoms with Crippen molar-refractivity contribution in [2.75, 3.05) is 6.61 Å². The fourth-order valence-electron chi connectivity index (χ4n) is 1.83. The summed E-state index contributed by atoms with van der Waals surface area (Å²) in [5.74, 6) is -0.129. The molecule has 2 heterocycles. The molecule has 0 aliphatic rings. The van der Waals surface area contributed by atoms with E-state index in [4.69, 9.17) is 4.74 Å². The molecule has 0 unspecified atom stereocenters. The molecule has 0 amide bonds.